The number of methoxy groups -OCH3 is 1. The average Bonchev–Trinajstić information content (AvgIpc) is 3.73. The van der Waals surface area contributed by atoms with Gasteiger partial charge >= 0.3 is 0 Å². The van der Waals surface area contributed by atoms with Crippen LogP contribution in [0.2, 0.25) is 0 Å². The molecule has 4 N–H and O–H groups in total. The van der Waals surface area contributed by atoms with Crippen LogP contribution in [0.4, 0.5) is 5.69 Å². The number of fused-ring (bicyclic) bond motifs is 1. The Labute approximate surface area is 230 Å². The van der Waals surface area contributed by atoms with Crippen LogP contribution in [-0.2, 0) is 4.79 Å². The van der Waals surface area contributed by atoms with Gasteiger partial charge in [-0.15, -0.1) is 0 Å². The molecule has 11 nitrogen and oxygen atoms in total. The third-order valence-corrected chi connectivity index (χ3v) is 7.72. The summed E-state index contributed by atoms with van der Waals surface area (Å²) in [5.74, 6) is 0.639. The number of piperidine rings is 1. The van der Waals surface area contributed by atoms with Crippen molar-refractivity contribution >= 4 is 28.3 Å². The van der Waals surface area contributed by atoms with Gasteiger partial charge in [0.05, 0.1) is 35.5 Å². The Morgan fingerprint density at radius 1 is 1.10 bits per heavy atom. The molecule has 1 fully saturated rings. The molecule has 1 amide bonds. The van der Waals surface area contributed by atoms with Gasteiger partial charge in [0, 0.05) is 37.1 Å². The van der Waals surface area contributed by atoms with Crippen LogP contribution in [0.25, 0.3) is 16.7 Å². The van der Waals surface area contributed by atoms with Crippen molar-refractivity contribution in [2.24, 2.45) is 5.92 Å². The number of hydrogen-bond acceptors (Lipinski definition) is 7. The number of rotatable bonds is 7. The predicted octanol–water partition coefficient (Wildman–Crippen LogP) is 3.62. The topological polar surface area (TPSA) is 148 Å². The van der Waals surface area contributed by atoms with Crippen LogP contribution in [0.1, 0.15) is 46.2 Å². The molecule has 0 radical (unpaired) electrons. The first-order valence-corrected chi connectivity index (χ1v) is 13.2. The number of anilines is 1. The molecule has 1 aromatic carbocycles. The molecule has 1 atom stereocenters. The monoisotopic (exact) mass is 538 g/mol. The van der Waals surface area contributed by atoms with E-state index in [0.717, 1.165) is 24.2 Å². The highest BCUT2D eigenvalue weighted by Gasteiger charge is 2.35. The van der Waals surface area contributed by atoms with E-state index in [2.05, 4.69) is 37.2 Å². The summed E-state index contributed by atoms with van der Waals surface area (Å²) in [5, 5.41) is 4.81. The number of ether oxygens (including phenoxy) is 1. The summed E-state index contributed by atoms with van der Waals surface area (Å²) < 4.78 is 7.03. The van der Waals surface area contributed by atoms with Crippen LogP contribution in [0.15, 0.2) is 61.3 Å². The maximum Gasteiger partial charge on any atom is 0.295 e. The molecule has 0 saturated carbocycles. The van der Waals surface area contributed by atoms with Gasteiger partial charge in [-0.1, -0.05) is 30.3 Å². The van der Waals surface area contributed by atoms with Gasteiger partial charge in [-0.25, -0.2) is 14.6 Å². The first kappa shape index (κ1) is 25.4. The molecule has 1 saturated heterocycles. The minimum atomic E-state index is -0.594. The second kappa shape index (κ2) is 10.3. The second-order valence-corrected chi connectivity index (χ2v) is 10.0. The smallest absolute Gasteiger partial charge is 0.295 e. The fourth-order valence-corrected chi connectivity index (χ4v) is 5.75. The Kier molecular flexibility index (Phi) is 6.54. The van der Waals surface area contributed by atoms with Gasteiger partial charge in [0.2, 0.25) is 0 Å². The van der Waals surface area contributed by atoms with Gasteiger partial charge in [0.25, 0.3) is 11.7 Å². The normalized spacial score (nSPS) is 14.9. The van der Waals surface area contributed by atoms with Crippen molar-refractivity contribution in [1.82, 2.24) is 34.6 Å². The summed E-state index contributed by atoms with van der Waals surface area (Å²) in [7, 11) is 1.50. The average molecular weight is 539 g/mol. The summed E-state index contributed by atoms with van der Waals surface area (Å²) >= 11 is 0. The molecule has 11 heteroatoms. The van der Waals surface area contributed by atoms with E-state index < -0.39 is 11.7 Å². The van der Waals surface area contributed by atoms with Crippen LogP contribution >= 0.6 is 0 Å². The molecule has 1 aliphatic heterocycles. The molecule has 5 aromatic rings. The number of carbonyl (C=O) groups excluding carboxylic acids is 2. The maximum atomic E-state index is 13.6. The first-order valence-electron chi connectivity index (χ1n) is 13.2. The number of Topliss-reactive ketones (excluding diaryl/α,β-unsaturated/α-hetero) is 1. The number of aromatic amines is 2. The number of H-pyrrole nitrogens is 2. The van der Waals surface area contributed by atoms with Crippen LogP contribution in [0.5, 0.6) is 5.75 Å². The Hall–Kier alpha value is -4.93. The van der Waals surface area contributed by atoms with Crippen LogP contribution < -0.4 is 10.5 Å². The minimum Gasteiger partial charge on any atom is -0.494 e. The Balaban J connectivity index is 1.24. The van der Waals surface area contributed by atoms with E-state index >= 15 is 0 Å². The lowest BCUT2D eigenvalue weighted by Gasteiger charge is -2.36. The Morgan fingerprint density at radius 2 is 1.88 bits per heavy atom. The molecular weight excluding hydrogens is 508 g/mol. The first-order chi connectivity index (χ1) is 19.5. The summed E-state index contributed by atoms with van der Waals surface area (Å²) in [4.78, 5) is 43.7. The molecule has 6 rings (SSSR count). The Morgan fingerprint density at radius 3 is 2.52 bits per heavy atom. The third kappa shape index (κ3) is 4.39. The highest BCUT2D eigenvalue weighted by Crippen LogP contribution is 2.40. The molecule has 0 spiro atoms. The number of benzene rings is 1. The number of aromatic nitrogens is 6. The number of nitrogens with one attached hydrogen (secondary N) is 2. The fraction of sp³-hybridized carbons (Fsp3) is 0.276. The number of nitrogens with zero attached hydrogens (tertiary/aromatic N) is 5. The van der Waals surface area contributed by atoms with E-state index in [4.69, 9.17) is 10.5 Å². The van der Waals surface area contributed by atoms with Crippen molar-refractivity contribution in [3.63, 3.8) is 0 Å². The number of nitrogens with two attached hydrogens (primary N) is 1. The lowest BCUT2D eigenvalue weighted by atomic mass is 9.78. The fourth-order valence-electron chi connectivity index (χ4n) is 5.75. The molecule has 4 aromatic heterocycles. The number of carbonyl (C=O) groups is 2. The van der Waals surface area contributed by atoms with Gasteiger partial charge in [0.15, 0.2) is 5.82 Å². The summed E-state index contributed by atoms with van der Waals surface area (Å²) in [6.07, 6.45) is 7.95. The summed E-state index contributed by atoms with van der Waals surface area (Å²) in [6, 6.07) is 12.2. The summed E-state index contributed by atoms with van der Waals surface area (Å²) in [5.41, 5.74) is 9.97. The number of amides is 1. The molecule has 5 heterocycles. The largest absolute Gasteiger partial charge is 0.494 e. The standard InChI is InChI=1S/C29H30N8O3/c1-17-34-16-37(35-17)28-26-24(22(40-2)15-33-28)20(14-32-26)27(38)29(39)36-12-9-19(10-13-36)23(18-6-4-3-5-7-18)25-21(30)8-11-31-25/h3-8,11,14-16,19,23,31-32H,9-10,12-13,30H2,1-2H3. The number of ketones is 1. The van der Waals surface area contributed by atoms with Crippen LogP contribution in [0, 0.1) is 12.8 Å². The highest BCUT2D eigenvalue weighted by molar-refractivity contribution is 6.45. The van der Waals surface area contributed by atoms with Crippen LogP contribution in [0.3, 0.4) is 0 Å². The zero-order chi connectivity index (χ0) is 27.8. The highest BCUT2D eigenvalue weighted by atomic mass is 16.5. The molecule has 40 heavy (non-hydrogen) atoms. The van der Waals surface area contributed by atoms with Gasteiger partial charge < -0.3 is 25.3 Å². The van der Waals surface area contributed by atoms with Gasteiger partial charge in [-0.2, -0.15) is 5.10 Å². The van der Waals surface area contributed by atoms with E-state index in [1.54, 1.807) is 18.2 Å². The number of aryl methyl sites for hydroxylation is 1. The van der Waals surface area contributed by atoms with Crippen molar-refractivity contribution in [3.05, 3.63) is 84.0 Å². The lowest BCUT2D eigenvalue weighted by Crippen LogP contribution is -2.43. The zero-order valence-corrected chi connectivity index (χ0v) is 22.3. The number of nitrogen functional groups attached to an aromatic ring is 1. The number of hydrogen-bond donors (Lipinski definition) is 3. The third-order valence-electron chi connectivity index (χ3n) is 7.72. The van der Waals surface area contributed by atoms with E-state index in [0.29, 0.717) is 41.4 Å². The number of pyridine rings is 1. The molecular formula is C29H30N8O3. The van der Waals surface area contributed by atoms with Crippen molar-refractivity contribution in [3.8, 4) is 11.6 Å². The van der Waals surface area contributed by atoms with Crippen molar-refractivity contribution in [2.45, 2.75) is 25.7 Å². The molecule has 204 valence electrons. The van der Waals surface area contributed by atoms with Crippen molar-refractivity contribution in [2.75, 3.05) is 25.9 Å². The van der Waals surface area contributed by atoms with E-state index in [9.17, 15) is 9.59 Å². The SMILES string of the molecule is COc1cnc(-n2cnc(C)n2)c2[nH]cc(C(=O)C(=O)N3CCC(C(c4ccccc4)c4[nH]ccc4N)CC3)c12. The molecule has 1 aliphatic rings. The van der Waals surface area contributed by atoms with Crippen molar-refractivity contribution < 1.29 is 14.3 Å². The molecule has 1 unspecified atom stereocenters. The van der Waals surface area contributed by atoms with E-state index in [1.807, 2.05) is 30.5 Å². The van der Waals surface area contributed by atoms with E-state index in [1.165, 1.54) is 29.7 Å². The maximum absolute atomic E-state index is 13.6. The molecule has 0 bridgehead atoms. The quantitative estimate of drug-likeness (QED) is 0.212. The number of likely N-dealkylation sites (tertiary alicyclic amines) is 1. The van der Waals surface area contributed by atoms with Gasteiger partial charge in [0.1, 0.15) is 17.9 Å². The lowest BCUT2D eigenvalue weighted by molar-refractivity contribution is -0.127. The second-order valence-electron chi connectivity index (χ2n) is 10.0. The minimum absolute atomic E-state index is 0.0772. The van der Waals surface area contributed by atoms with Crippen molar-refractivity contribution in [1.29, 1.82) is 0 Å². The van der Waals surface area contributed by atoms with Gasteiger partial charge in [-0.05, 0) is 37.3 Å². The van der Waals surface area contributed by atoms with E-state index in [-0.39, 0.29) is 17.4 Å². The van der Waals surface area contributed by atoms with Gasteiger partial charge in [-0.3, -0.25) is 9.59 Å². The molecule has 0 aliphatic carbocycles. The summed E-state index contributed by atoms with van der Waals surface area (Å²) in [6.45, 7) is 2.73. The Bertz CT molecular complexity index is 1680. The zero-order valence-electron chi connectivity index (χ0n) is 22.3. The predicted molar refractivity (Wildman–Crippen MR) is 149 cm³/mol. The van der Waals surface area contributed by atoms with Crippen LogP contribution in [-0.4, -0.2) is 66.5 Å².